The summed E-state index contributed by atoms with van der Waals surface area (Å²) < 4.78 is 46.1. The van der Waals surface area contributed by atoms with Gasteiger partial charge in [-0.2, -0.15) is 0 Å². The maximum Gasteiger partial charge on any atom is 0.252 e. The summed E-state index contributed by atoms with van der Waals surface area (Å²) >= 11 is 26.5. The Morgan fingerprint density at radius 2 is 0.809 bits per heavy atom. The van der Waals surface area contributed by atoms with Crippen molar-refractivity contribution < 1.29 is 36.0 Å². The van der Waals surface area contributed by atoms with E-state index in [0.717, 1.165) is 57.2 Å². The predicted molar refractivity (Wildman–Crippen MR) is 274 cm³/mol. The van der Waals surface area contributed by atoms with Crippen LogP contribution in [-0.2, 0) is 32.9 Å². The van der Waals surface area contributed by atoms with Gasteiger partial charge in [0.05, 0.1) is 15.4 Å². The third kappa shape index (κ3) is 19.7. The minimum absolute atomic E-state index is 0.0340. The third-order valence-electron chi connectivity index (χ3n) is 9.82. The zero-order valence-electron chi connectivity index (χ0n) is 36.6. The fourth-order valence-corrected chi connectivity index (χ4v) is 8.59. The van der Waals surface area contributed by atoms with Crippen LogP contribution in [0.25, 0.3) is 0 Å². The van der Waals surface area contributed by atoms with Crippen molar-refractivity contribution in [1.29, 1.82) is 0 Å². The molecule has 0 aromatic heterocycles. The number of benzene rings is 6. The number of sulfonamides is 2. The van der Waals surface area contributed by atoms with Gasteiger partial charge in [-0.25, -0.2) is 27.1 Å². The molecule has 0 radical (unpaired) electrons. The molecule has 0 atom stereocenters. The average molecular weight is 1060 g/mol. The van der Waals surface area contributed by atoms with Gasteiger partial charge in [0.15, 0.2) is 17.3 Å². The highest BCUT2D eigenvalue weighted by Gasteiger charge is 2.19. The number of unbranched alkanes of at least 4 members (excludes halogenated alkanes) is 3. The van der Waals surface area contributed by atoms with E-state index in [2.05, 4.69) is 36.4 Å². The van der Waals surface area contributed by atoms with Crippen LogP contribution in [0.4, 0.5) is 0 Å². The van der Waals surface area contributed by atoms with Crippen LogP contribution in [0.5, 0.6) is 0 Å². The number of rotatable bonds is 18. The van der Waals surface area contributed by atoms with E-state index in [0.29, 0.717) is 17.5 Å². The molecule has 0 bridgehead atoms. The van der Waals surface area contributed by atoms with Crippen molar-refractivity contribution in [2.45, 2.75) is 61.2 Å². The lowest BCUT2D eigenvalue weighted by atomic mass is 9.99. The van der Waals surface area contributed by atoms with Crippen LogP contribution < -0.4 is 16.0 Å². The molecule has 0 heterocycles. The molecule has 6 aromatic rings. The zero-order valence-corrected chi connectivity index (χ0v) is 42.0. The summed E-state index contributed by atoms with van der Waals surface area (Å²) in [5.41, 5.74) is 9.78. The van der Waals surface area contributed by atoms with Crippen molar-refractivity contribution in [2.75, 3.05) is 11.9 Å². The molecule has 0 saturated heterocycles. The number of primary sulfonamides is 2. The summed E-state index contributed by atoms with van der Waals surface area (Å²) in [6, 6.07) is 40.5. The molecule has 0 amide bonds. The van der Waals surface area contributed by atoms with E-state index in [9.17, 15) is 36.0 Å². The molecule has 6 N–H and O–H groups in total. The van der Waals surface area contributed by atoms with Gasteiger partial charge in [-0.3, -0.25) is 19.2 Å². The first-order valence-corrected chi connectivity index (χ1v) is 26.2. The van der Waals surface area contributed by atoms with E-state index in [-0.39, 0.29) is 59.0 Å². The Labute approximate surface area is 423 Å². The summed E-state index contributed by atoms with van der Waals surface area (Å²) in [7, 11) is -8.08. The van der Waals surface area contributed by atoms with Crippen LogP contribution in [0.2, 0.25) is 10.0 Å². The first-order valence-electron chi connectivity index (χ1n) is 20.9. The Balaban J connectivity index is 0.000000292. The topological polar surface area (TPSA) is 215 Å². The minimum Gasteiger partial charge on any atom is -0.330 e. The molecule has 360 valence electrons. The number of alkyl halides is 2. The third-order valence-corrected chi connectivity index (χ3v) is 12.8. The van der Waals surface area contributed by atoms with E-state index in [4.69, 9.17) is 74.0 Å². The first-order chi connectivity index (χ1) is 32.3. The van der Waals surface area contributed by atoms with Crippen molar-refractivity contribution >= 4 is 101 Å². The van der Waals surface area contributed by atoms with Crippen molar-refractivity contribution in [1.82, 2.24) is 0 Å². The summed E-state index contributed by atoms with van der Waals surface area (Å²) in [5.74, 6) is -0.784. The van der Waals surface area contributed by atoms with Gasteiger partial charge in [-0.1, -0.05) is 127 Å². The highest BCUT2D eigenvalue weighted by Crippen LogP contribution is 2.25. The van der Waals surface area contributed by atoms with E-state index in [1.54, 1.807) is 24.3 Å². The average Bonchev–Trinajstić information content (AvgIpc) is 3.32. The Hall–Kier alpha value is -4.77. The van der Waals surface area contributed by atoms with Gasteiger partial charge in [0.2, 0.25) is 20.0 Å². The summed E-state index contributed by atoms with van der Waals surface area (Å²) in [4.78, 5) is 47.8. The standard InChI is InChI=1S/C25H24ClNO4S.C14H9Cl2NO4S.C10H15N.CH2Cl2/c26-22-16-15-21(17-24(22)32(27,30)31)25(29)20-13-11-19(12-14-20)23(28)10-6-2-5-9-18-7-3-1-4-8-18;15-11-6-5-10(7-12(11)22(17,20)21)13(18)8-1-3-9(4-2-8)14(16)19;11-9-5-4-8-10-6-2-1-3-7-10;2-1-3/h1,3-4,7-8,11-17H,2,5-6,9-10H2,(H2,27,30,31);1-7H,(H2,17,20,21);1-3,6-7H,4-5,8-9,11H2;1H2. The second kappa shape index (κ2) is 29.3. The van der Waals surface area contributed by atoms with Crippen LogP contribution >= 0.6 is 58.0 Å². The number of halogens is 5. The number of nitrogens with two attached hydrogens (primary N) is 3. The van der Waals surface area contributed by atoms with E-state index >= 15 is 0 Å². The molecule has 0 aliphatic carbocycles. The second-order valence-electron chi connectivity index (χ2n) is 14.8. The maximum absolute atomic E-state index is 12.7. The number of ketones is 3. The maximum atomic E-state index is 12.7. The molecule has 6 rings (SSSR count). The van der Waals surface area contributed by atoms with Crippen LogP contribution in [-0.4, -0.2) is 51.3 Å². The Morgan fingerprint density at radius 3 is 1.18 bits per heavy atom. The molecule has 11 nitrogen and oxygen atoms in total. The Morgan fingerprint density at radius 1 is 0.456 bits per heavy atom. The van der Waals surface area contributed by atoms with Gasteiger partial charge in [-0.15, -0.1) is 23.2 Å². The molecular formula is C50H50Cl5N3O8S2. The SMILES string of the molecule is ClCCl.NCCCCc1ccccc1.NS(=O)(=O)c1cc(C(=O)c2ccc(C(=O)CCCCCc3ccccc3)cc2)ccc1Cl.NS(=O)(=O)c1cc(C(=O)c2ccc(C(=O)Cl)cc2)ccc1Cl. The largest absolute Gasteiger partial charge is 0.330 e. The van der Waals surface area contributed by atoms with Crippen molar-refractivity contribution in [2.24, 2.45) is 16.0 Å². The van der Waals surface area contributed by atoms with Crippen LogP contribution in [0.1, 0.15) is 102 Å². The van der Waals surface area contributed by atoms with E-state index < -0.39 is 31.1 Å². The molecule has 0 unspecified atom stereocenters. The van der Waals surface area contributed by atoms with Crippen LogP contribution in [0, 0.1) is 0 Å². The number of carbonyl (C=O) groups is 4. The van der Waals surface area contributed by atoms with Gasteiger partial charge in [0.25, 0.3) is 5.24 Å². The highest BCUT2D eigenvalue weighted by atomic mass is 35.5. The molecule has 0 aliphatic rings. The summed E-state index contributed by atoms with van der Waals surface area (Å²) in [5, 5.41) is 9.63. The molecule has 0 aliphatic heterocycles. The lowest BCUT2D eigenvalue weighted by Crippen LogP contribution is -2.14. The van der Waals surface area contributed by atoms with E-state index in [1.165, 1.54) is 66.1 Å². The van der Waals surface area contributed by atoms with E-state index in [1.807, 2.05) is 24.3 Å². The smallest absolute Gasteiger partial charge is 0.252 e. The number of carbonyl (C=O) groups excluding carboxylic acids is 4. The van der Waals surface area contributed by atoms with Crippen molar-refractivity contribution in [3.63, 3.8) is 0 Å². The summed E-state index contributed by atoms with van der Waals surface area (Å²) in [6.45, 7) is 0.812. The monoisotopic (exact) mass is 1060 g/mol. The van der Waals surface area contributed by atoms with Gasteiger partial charge < -0.3 is 5.73 Å². The van der Waals surface area contributed by atoms with Crippen LogP contribution in [0.15, 0.2) is 155 Å². The lowest BCUT2D eigenvalue weighted by molar-refractivity contribution is 0.0976. The minimum atomic E-state index is -4.05. The van der Waals surface area contributed by atoms with Crippen LogP contribution in [0.3, 0.4) is 0 Å². The Kier molecular flexibility index (Phi) is 24.8. The summed E-state index contributed by atoms with van der Waals surface area (Å²) in [6.07, 6.45) is 7.79. The van der Waals surface area contributed by atoms with Crippen molar-refractivity contribution in [3.05, 3.63) is 200 Å². The number of hydrogen-bond donors (Lipinski definition) is 3. The molecule has 0 fully saturated rings. The number of hydrogen-bond acceptors (Lipinski definition) is 9. The van der Waals surface area contributed by atoms with Gasteiger partial charge >= 0.3 is 0 Å². The molecule has 0 spiro atoms. The zero-order chi connectivity index (χ0) is 50.3. The normalized spacial score (nSPS) is 10.8. The lowest BCUT2D eigenvalue weighted by Gasteiger charge is -2.07. The van der Waals surface area contributed by atoms with Gasteiger partial charge in [-0.05, 0) is 116 Å². The number of aryl methyl sites for hydroxylation is 2. The highest BCUT2D eigenvalue weighted by molar-refractivity contribution is 7.89. The van der Waals surface area contributed by atoms with Gasteiger partial charge in [0.1, 0.15) is 9.79 Å². The predicted octanol–water partition coefficient (Wildman–Crippen LogP) is 11.2. The molecule has 18 heteroatoms. The molecule has 6 aromatic carbocycles. The quantitative estimate of drug-likeness (QED) is 0.0323. The molecular weight excluding hydrogens is 1010 g/mol. The Bertz CT molecular complexity index is 2820. The fourth-order valence-electron chi connectivity index (χ4n) is 6.32. The molecule has 0 saturated carbocycles. The molecule has 68 heavy (non-hydrogen) atoms. The van der Waals surface area contributed by atoms with Crippen molar-refractivity contribution in [3.8, 4) is 0 Å². The fraction of sp³-hybridized carbons (Fsp3) is 0.200. The number of Topliss-reactive ketones (excluding diaryl/α,β-unsaturated/α-hetero) is 1. The second-order valence-corrected chi connectivity index (χ2v) is 19.8. The first kappa shape index (κ1) is 57.5. The van der Waals surface area contributed by atoms with Gasteiger partial charge in [0, 0.05) is 39.8 Å².